The second-order valence-electron chi connectivity index (χ2n) is 8.90. The van der Waals surface area contributed by atoms with Crippen molar-refractivity contribution in [2.45, 2.75) is 31.7 Å². The predicted octanol–water partition coefficient (Wildman–Crippen LogP) is 5.60. The maximum atomic E-state index is 4.82. The third-order valence-electron chi connectivity index (χ3n) is 5.66. The van der Waals surface area contributed by atoms with Gasteiger partial charge in [0.15, 0.2) is 0 Å². The highest BCUT2D eigenvalue weighted by Gasteiger charge is 2.22. The monoisotopic (exact) mass is 524 g/mol. The van der Waals surface area contributed by atoms with E-state index in [1.54, 1.807) is 21.3 Å². The summed E-state index contributed by atoms with van der Waals surface area (Å²) in [6, 6.07) is 32.0. The third-order valence-corrected chi connectivity index (χ3v) is 5.66. The highest BCUT2D eigenvalue weighted by atomic mass is 16.6. The molecule has 3 heterocycles. The molecular weight excluding hydrogens is 480 g/mol. The molecule has 3 saturated heterocycles. The average Bonchev–Trinajstić information content (AvgIpc) is 3.78. The summed E-state index contributed by atoms with van der Waals surface area (Å²) >= 11 is 0. The van der Waals surface area contributed by atoms with Crippen LogP contribution in [0.3, 0.4) is 0 Å². The molecule has 6 rings (SSSR count). The van der Waals surface area contributed by atoms with Gasteiger partial charge in [-0.3, -0.25) is 0 Å². The fourth-order valence-corrected chi connectivity index (χ4v) is 3.56. The molecule has 3 aliphatic heterocycles. The van der Waals surface area contributed by atoms with Gasteiger partial charge < -0.3 is 28.4 Å². The molecule has 38 heavy (non-hydrogen) atoms. The van der Waals surface area contributed by atoms with Gasteiger partial charge >= 0.3 is 0 Å². The Labute approximate surface area is 228 Å². The molecule has 3 atom stereocenters. The number of ether oxygens (including phenoxy) is 6. The first-order valence-electron chi connectivity index (χ1n) is 12.7. The van der Waals surface area contributed by atoms with Crippen molar-refractivity contribution < 1.29 is 28.4 Å². The zero-order valence-corrected chi connectivity index (χ0v) is 22.2. The smallest absolute Gasteiger partial charge is 0.104 e. The van der Waals surface area contributed by atoms with E-state index < -0.39 is 0 Å². The number of hydrogen-bond donors (Lipinski definition) is 0. The van der Waals surface area contributed by atoms with Crippen molar-refractivity contribution in [2.24, 2.45) is 0 Å². The van der Waals surface area contributed by atoms with Gasteiger partial charge in [-0.25, -0.2) is 0 Å². The fraction of sp³-hybridized carbons (Fsp3) is 0.438. The first kappa shape index (κ1) is 31.6. The number of epoxide rings is 3. The van der Waals surface area contributed by atoms with Crippen LogP contribution in [0.5, 0.6) is 0 Å². The molecule has 6 nitrogen and oxygen atoms in total. The lowest BCUT2D eigenvalue weighted by Gasteiger charge is -2.18. The van der Waals surface area contributed by atoms with Crippen LogP contribution in [0, 0.1) is 0 Å². The Morgan fingerprint density at radius 1 is 0.526 bits per heavy atom. The zero-order chi connectivity index (χ0) is 26.1. The van der Waals surface area contributed by atoms with E-state index in [4.69, 9.17) is 28.4 Å². The third kappa shape index (κ3) is 13.3. The van der Waals surface area contributed by atoms with Crippen LogP contribution >= 0.6 is 0 Å². The molecule has 3 aromatic rings. The summed E-state index contributed by atoms with van der Waals surface area (Å²) in [4.78, 5) is 0. The molecule has 0 saturated carbocycles. The van der Waals surface area contributed by atoms with Gasteiger partial charge in [0.2, 0.25) is 0 Å². The average molecular weight is 525 g/mol. The molecule has 0 amide bonds. The van der Waals surface area contributed by atoms with Gasteiger partial charge in [0.25, 0.3) is 0 Å². The molecule has 0 aromatic heterocycles. The van der Waals surface area contributed by atoms with Crippen molar-refractivity contribution in [1.82, 2.24) is 0 Å². The Kier molecular flexibility index (Phi) is 15.5. The molecule has 0 bridgehead atoms. The normalized spacial score (nSPS) is 19.7. The van der Waals surface area contributed by atoms with E-state index in [2.05, 4.69) is 91.0 Å². The molecule has 0 N–H and O–H groups in total. The molecule has 0 radical (unpaired) electrons. The second-order valence-corrected chi connectivity index (χ2v) is 8.90. The molecule has 6 heteroatoms. The zero-order valence-electron chi connectivity index (χ0n) is 22.2. The van der Waals surface area contributed by atoms with E-state index in [9.17, 15) is 0 Å². The van der Waals surface area contributed by atoms with Crippen molar-refractivity contribution >= 4 is 0 Å². The number of hydrogen-bond acceptors (Lipinski definition) is 6. The molecule has 3 aliphatic rings. The van der Waals surface area contributed by atoms with E-state index in [1.807, 2.05) is 0 Å². The molecule has 3 fully saturated rings. The van der Waals surface area contributed by atoms with Crippen LogP contribution in [-0.4, -0.2) is 79.3 Å². The standard InChI is InChI=1S/C19H16.3C4H8O2.CH4/c1-4-10-16(11-5-1)19(17-12-6-2-7-13-17)18-14-8-3-9-15-18;3*1-5-2-4-3-6-4;/h1-15,19H;3*4H,2-3H2,1H3;1H4. The Morgan fingerprint density at radius 3 is 0.921 bits per heavy atom. The highest BCUT2D eigenvalue weighted by Crippen LogP contribution is 2.31. The molecule has 208 valence electrons. The second kappa shape index (κ2) is 18.6. The minimum Gasteiger partial charge on any atom is -0.382 e. The number of rotatable bonds is 9. The van der Waals surface area contributed by atoms with Gasteiger partial charge in [0.05, 0.1) is 39.6 Å². The first-order chi connectivity index (χ1) is 18.2. The Morgan fingerprint density at radius 2 is 0.763 bits per heavy atom. The summed E-state index contributed by atoms with van der Waals surface area (Å²) in [5.74, 6) is 0.309. The van der Waals surface area contributed by atoms with Crippen molar-refractivity contribution in [3.8, 4) is 0 Å². The van der Waals surface area contributed by atoms with Gasteiger partial charge in [0.1, 0.15) is 18.3 Å². The Bertz CT molecular complexity index is 814. The topological polar surface area (TPSA) is 65.3 Å². The molecule has 3 aromatic carbocycles. The summed E-state index contributed by atoms with van der Waals surface area (Å²) in [5.41, 5.74) is 4.00. The molecule has 3 unspecified atom stereocenters. The van der Waals surface area contributed by atoms with Crippen LogP contribution in [0.25, 0.3) is 0 Å². The van der Waals surface area contributed by atoms with Crippen molar-refractivity contribution in [1.29, 1.82) is 0 Å². The maximum Gasteiger partial charge on any atom is 0.104 e. The van der Waals surface area contributed by atoms with Crippen LogP contribution in [0.2, 0.25) is 0 Å². The van der Waals surface area contributed by atoms with Crippen molar-refractivity contribution in [2.75, 3.05) is 61.0 Å². The number of benzene rings is 3. The lowest BCUT2D eigenvalue weighted by molar-refractivity contribution is 0.171. The van der Waals surface area contributed by atoms with Crippen LogP contribution < -0.4 is 0 Å². The van der Waals surface area contributed by atoms with Crippen molar-refractivity contribution in [3.05, 3.63) is 108 Å². The highest BCUT2D eigenvalue weighted by molar-refractivity contribution is 5.42. The lowest BCUT2D eigenvalue weighted by Crippen LogP contribution is -2.02. The summed E-state index contributed by atoms with van der Waals surface area (Å²) in [7, 11) is 5.05. The van der Waals surface area contributed by atoms with E-state index in [0.29, 0.717) is 24.2 Å². The Hall–Kier alpha value is -2.58. The molecule has 0 spiro atoms. The first-order valence-corrected chi connectivity index (χ1v) is 12.7. The minimum absolute atomic E-state index is 0. The van der Waals surface area contributed by atoms with Gasteiger partial charge in [-0.05, 0) is 16.7 Å². The summed E-state index contributed by atoms with van der Waals surface area (Å²) in [6.45, 7) is 4.98. The summed E-state index contributed by atoms with van der Waals surface area (Å²) in [5, 5.41) is 0. The van der Waals surface area contributed by atoms with E-state index >= 15 is 0 Å². The van der Waals surface area contributed by atoms with Crippen LogP contribution in [0.1, 0.15) is 30.0 Å². The molecule has 0 aliphatic carbocycles. The van der Waals surface area contributed by atoms with E-state index in [0.717, 1.165) is 39.6 Å². The SMILES string of the molecule is C.COCC1CO1.COCC1CO1.COCC1CO1.c1ccc(C(c2ccccc2)c2ccccc2)cc1. The number of methoxy groups -OCH3 is 3. The van der Waals surface area contributed by atoms with E-state index in [1.165, 1.54) is 16.7 Å². The van der Waals surface area contributed by atoms with Crippen LogP contribution in [-0.2, 0) is 28.4 Å². The lowest BCUT2D eigenvalue weighted by atomic mass is 9.85. The van der Waals surface area contributed by atoms with Crippen LogP contribution in [0.4, 0.5) is 0 Å². The van der Waals surface area contributed by atoms with Gasteiger partial charge in [-0.1, -0.05) is 98.4 Å². The van der Waals surface area contributed by atoms with E-state index in [-0.39, 0.29) is 7.43 Å². The van der Waals surface area contributed by atoms with Crippen LogP contribution in [0.15, 0.2) is 91.0 Å². The Balaban J connectivity index is 0.000000217. The van der Waals surface area contributed by atoms with Crippen molar-refractivity contribution in [3.63, 3.8) is 0 Å². The fourth-order valence-electron chi connectivity index (χ4n) is 3.56. The van der Waals surface area contributed by atoms with Gasteiger partial charge in [0, 0.05) is 27.2 Å². The largest absolute Gasteiger partial charge is 0.382 e. The summed E-state index contributed by atoms with van der Waals surface area (Å²) < 4.78 is 28.7. The predicted molar refractivity (Wildman–Crippen MR) is 152 cm³/mol. The van der Waals surface area contributed by atoms with Gasteiger partial charge in [-0.2, -0.15) is 0 Å². The van der Waals surface area contributed by atoms with Gasteiger partial charge in [-0.15, -0.1) is 0 Å². The summed E-state index contributed by atoms with van der Waals surface area (Å²) in [6.07, 6.45) is 1.28. The minimum atomic E-state index is 0. The maximum absolute atomic E-state index is 4.82. The quantitative estimate of drug-likeness (QED) is 0.268. The molecular formula is C32H44O6.